The zero-order chi connectivity index (χ0) is 28.0. The average molecular weight is 583 g/mol. The Morgan fingerprint density at radius 1 is 1.08 bits per heavy atom. The van der Waals surface area contributed by atoms with Crippen LogP contribution in [0, 0.1) is 24.1 Å². The maximum Gasteiger partial charge on any atom is 0.284 e. The molecule has 0 aliphatic rings. The summed E-state index contributed by atoms with van der Waals surface area (Å²) in [4.78, 5) is 20.0. The molecule has 1 amide bonds. The minimum atomic E-state index is -4.08. The van der Waals surface area contributed by atoms with Gasteiger partial charge in [0, 0.05) is 23.0 Å². The Balaban J connectivity index is 1.53. The average Bonchev–Trinajstić information content (AvgIpc) is 3.29. The van der Waals surface area contributed by atoms with Crippen LogP contribution in [0.25, 0.3) is 0 Å². The second-order valence-corrected chi connectivity index (χ2v) is 12.2. The number of nitriles is 1. The number of amides is 1. The van der Waals surface area contributed by atoms with Gasteiger partial charge < -0.3 is 4.90 Å². The van der Waals surface area contributed by atoms with E-state index in [1.165, 1.54) is 29.5 Å². The van der Waals surface area contributed by atoms with Crippen molar-refractivity contribution in [1.82, 2.24) is 9.71 Å². The molecular weight excluding hydrogens is 559 g/mol. The second-order valence-electron chi connectivity index (χ2n) is 8.83. The summed E-state index contributed by atoms with van der Waals surface area (Å²) in [6.45, 7) is 2.75. The first kappa shape index (κ1) is 28.2. The molecule has 4 rings (SSSR count). The third-order valence-corrected chi connectivity index (χ3v) is 8.30. The quantitative estimate of drug-likeness (QED) is 0.260. The Hall–Kier alpha value is -3.78. The van der Waals surface area contributed by atoms with Crippen LogP contribution in [0.4, 0.5) is 9.52 Å². The molecule has 0 radical (unpaired) electrons. The fraction of sp³-hybridized carbons (Fsp3) is 0.179. The molecule has 1 aromatic heterocycles. The van der Waals surface area contributed by atoms with E-state index in [2.05, 4.69) is 15.8 Å². The highest BCUT2D eigenvalue weighted by Crippen LogP contribution is 2.28. The summed E-state index contributed by atoms with van der Waals surface area (Å²) >= 11 is 7.33. The van der Waals surface area contributed by atoms with Gasteiger partial charge >= 0.3 is 0 Å². The maximum absolute atomic E-state index is 13.5. The Bertz CT molecular complexity index is 1620. The summed E-state index contributed by atoms with van der Waals surface area (Å²) < 4.78 is 40.7. The Morgan fingerprint density at radius 2 is 1.77 bits per heavy atom. The first-order valence-corrected chi connectivity index (χ1v) is 14.7. The van der Waals surface area contributed by atoms with Gasteiger partial charge in [-0.3, -0.25) is 4.79 Å². The second kappa shape index (κ2) is 12.4. The van der Waals surface area contributed by atoms with E-state index >= 15 is 0 Å². The molecule has 0 aliphatic heterocycles. The van der Waals surface area contributed by atoms with Crippen LogP contribution >= 0.6 is 22.9 Å². The Kier molecular flexibility index (Phi) is 8.97. The van der Waals surface area contributed by atoms with E-state index in [1.54, 1.807) is 31.2 Å². The van der Waals surface area contributed by atoms with E-state index in [9.17, 15) is 17.6 Å². The number of benzene rings is 3. The van der Waals surface area contributed by atoms with Gasteiger partial charge in [-0.25, -0.2) is 22.5 Å². The lowest BCUT2D eigenvalue weighted by atomic mass is 10.1. The van der Waals surface area contributed by atoms with E-state index in [1.807, 2.05) is 29.2 Å². The van der Waals surface area contributed by atoms with Crippen molar-refractivity contribution in [3.63, 3.8) is 0 Å². The van der Waals surface area contributed by atoms with Gasteiger partial charge in [-0.05, 0) is 66.4 Å². The van der Waals surface area contributed by atoms with Gasteiger partial charge in [0.25, 0.3) is 5.91 Å². The molecule has 4 aromatic rings. The number of hydrogen-bond donors (Lipinski definition) is 1. The summed E-state index contributed by atoms with van der Waals surface area (Å²) in [6.07, 6.45) is 0.654. The van der Waals surface area contributed by atoms with Gasteiger partial charge in [0.1, 0.15) is 11.5 Å². The molecule has 0 saturated heterocycles. The molecule has 7 nitrogen and oxygen atoms in total. The van der Waals surface area contributed by atoms with E-state index in [0.29, 0.717) is 40.1 Å². The van der Waals surface area contributed by atoms with Gasteiger partial charge in [0.05, 0.1) is 17.4 Å². The molecule has 0 fully saturated rings. The van der Waals surface area contributed by atoms with Crippen molar-refractivity contribution >= 4 is 44.0 Å². The molecule has 0 spiro atoms. The molecule has 39 heavy (non-hydrogen) atoms. The number of carbonyl (C=O) groups excluding carboxylic acids is 1. The molecule has 1 heterocycles. The van der Waals surface area contributed by atoms with Crippen LogP contribution in [0.3, 0.4) is 0 Å². The van der Waals surface area contributed by atoms with Crippen LogP contribution in [0.5, 0.6) is 0 Å². The predicted octanol–water partition coefficient (Wildman–Crippen LogP) is 5.62. The molecule has 3 aromatic carbocycles. The zero-order valence-electron chi connectivity index (χ0n) is 20.9. The zero-order valence-corrected chi connectivity index (χ0v) is 23.3. The number of aryl methyl sites for hydroxylation is 1. The lowest BCUT2D eigenvalue weighted by molar-refractivity contribution is 0.0976. The van der Waals surface area contributed by atoms with Crippen molar-refractivity contribution in [3.05, 3.63) is 116 Å². The van der Waals surface area contributed by atoms with Gasteiger partial charge in [0.15, 0.2) is 5.13 Å². The van der Waals surface area contributed by atoms with Gasteiger partial charge in [-0.15, -0.1) is 11.3 Å². The highest BCUT2D eigenvalue weighted by atomic mass is 35.5. The fourth-order valence-electron chi connectivity index (χ4n) is 3.86. The molecule has 0 saturated carbocycles. The van der Waals surface area contributed by atoms with Crippen molar-refractivity contribution < 1.29 is 17.6 Å². The number of halogens is 2. The number of hydrogen-bond acceptors (Lipinski definition) is 7. The van der Waals surface area contributed by atoms with Crippen molar-refractivity contribution in [1.29, 1.82) is 5.26 Å². The molecule has 0 bridgehead atoms. The smallest absolute Gasteiger partial charge is 0.284 e. The molecule has 0 atom stereocenters. The largest absolute Gasteiger partial charge is 0.343 e. The van der Waals surface area contributed by atoms with Crippen LogP contribution in [0.1, 0.15) is 37.6 Å². The van der Waals surface area contributed by atoms with Crippen LogP contribution in [0.2, 0.25) is 5.02 Å². The monoisotopic (exact) mass is 582 g/mol. The molecule has 11 heteroatoms. The van der Waals surface area contributed by atoms with Crippen molar-refractivity contribution in [2.45, 2.75) is 25.6 Å². The summed E-state index contributed by atoms with van der Waals surface area (Å²) in [5.74, 6) is -1.94. The van der Waals surface area contributed by atoms with Gasteiger partial charge in [0.2, 0.25) is 10.0 Å². The first-order valence-electron chi connectivity index (χ1n) is 11.9. The van der Waals surface area contributed by atoms with E-state index in [4.69, 9.17) is 16.9 Å². The van der Waals surface area contributed by atoms with Crippen LogP contribution in [-0.2, 0) is 28.7 Å². The third kappa shape index (κ3) is 7.86. The number of nitrogens with zero attached hydrogens (tertiary/aromatic N) is 3. The lowest BCUT2D eigenvalue weighted by Crippen LogP contribution is -2.32. The molecule has 200 valence electrons. The Morgan fingerprint density at radius 3 is 2.44 bits per heavy atom. The highest BCUT2D eigenvalue weighted by Gasteiger charge is 2.23. The SMILES string of the molecule is Cc1sc(N(CCc2ccc(C#N)cc2)Cc2ccc(Cl)cc2)nc1C(=O)NS(=O)(=O)Cc1cccc(F)c1. The number of carbonyl (C=O) groups is 1. The number of nitrogens with one attached hydrogen (secondary N) is 1. The van der Waals surface area contributed by atoms with Crippen LogP contribution in [0.15, 0.2) is 72.8 Å². The predicted molar refractivity (Wildman–Crippen MR) is 151 cm³/mol. The summed E-state index contributed by atoms with van der Waals surface area (Å²) in [6, 6.07) is 22.0. The number of thiazole rings is 1. The Labute approximate surface area is 235 Å². The highest BCUT2D eigenvalue weighted by molar-refractivity contribution is 7.89. The number of anilines is 1. The summed E-state index contributed by atoms with van der Waals surface area (Å²) in [5, 5.41) is 10.2. The molecule has 0 aliphatic carbocycles. The molecule has 0 unspecified atom stereocenters. The van der Waals surface area contributed by atoms with Crippen molar-refractivity contribution in [3.8, 4) is 6.07 Å². The van der Waals surface area contributed by atoms with Crippen molar-refractivity contribution in [2.24, 2.45) is 0 Å². The maximum atomic E-state index is 13.5. The number of rotatable bonds is 10. The first-order chi connectivity index (χ1) is 18.6. The van der Waals surface area contributed by atoms with Gasteiger partial charge in [-0.1, -0.05) is 48.0 Å². The number of aromatic nitrogens is 1. The lowest BCUT2D eigenvalue weighted by Gasteiger charge is -2.22. The van der Waals surface area contributed by atoms with E-state index in [-0.39, 0.29) is 11.3 Å². The normalized spacial score (nSPS) is 11.1. The number of sulfonamides is 1. The molecular formula is C28H24ClFN4O3S2. The van der Waals surface area contributed by atoms with Crippen LogP contribution < -0.4 is 9.62 Å². The van der Waals surface area contributed by atoms with Crippen LogP contribution in [-0.4, -0.2) is 25.9 Å². The standard InChI is InChI=1S/C28H24ClFN4O3S2/c1-19-26(27(35)33-39(36,37)18-23-3-2-4-25(30)15-23)32-28(38-19)34(17-22-9-11-24(29)12-10-22)14-13-20-5-7-21(16-31)8-6-20/h2-12,15H,13-14,17-18H2,1H3,(H,33,35). The third-order valence-electron chi connectivity index (χ3n) is 5.80. The molecule has 1 N–H and O–H groups in total. The van der Waals surface area contributed by atoms with Crippen molar-refractivity contribution in [2.75, 3.05) is 11.4 Å². The topological polar surface area (TPSA) is 103 Å². The summed E-state index contributed by atoms with van der Waals surface area (Å²) in [5.41, 5.74) is 2.83. The minimum absolute atomic E-state index is 0.0114. The summed E-state index contributed by atoms with van der Waals surface area (Å²) in [7, 11) is -4.08. The fourth-order valence-corrected chi connectivity index (χ4v) is 5.99. The minimum Gasteiger partial charge on any atom is -0.343 e. The van der Waals surface area contributed by atoms with E-state index in [0.717, 1.165) is 17.2 Å². The van der Waals surface area contributed by atoms with Gasteiger partial charge in [-0.2, -0.15) is 5.26 Å². The van der Waals surface area contributed by atoms with E-state index < -0.39 is 27.5 Å².